The van der Waals surface area contributed by atoms with Gasteiger partial charge in [0.2, 0.25) is 11.8 Å². The molecule has 0 spiro atoms. The fraction of sp³-hybridized carbons (Fsp3) is 0.391. The minimum absolute atomic E-state index is 0.0392. The first-order chi connectivity index (χ1) is 15.6. The van der Waals surface area contributed by atoms with Crippen LogP contribution in [0, 0.1) is 0 Å². The van der Waals surface area contributed by atoms with Crippen LogP contribution < -0.4 is 10.6 Å². The van der Waals surface area contributed by atoms with E-state index in [2.05, 4.69) is 10.6 Å². The number of alkyl halides is 3. The summed E-state index contributed by atoms with van der Waals surface area (Å²) in [6.45, 7) is 4.79. The van der Waals surface area contributed by atoms with Crippen molar-refractivity contribution in [2.24, 2.45) is 0 Å². The van der Waals surface area contributed by atoms with Crippen LogP contribution in [0.1, 0.15) is 18.1 Å². The summed E-state index contributed by atoms with van der Waals surface area (Å²) in [6, 6.07) is 12.4. The van der Waals surface area contributed by atoms with Crippen LogP contribution in [0.2, 0.25) is 5.02 Å². The van der Waals surface area contributed by atoms with Gasteiger partial charge in [-0.25, -0.2) is 0 Å². The zero-order chi connectivity index (χ0) is 24.0. The zero-order valence-electron chi connectivity index (χ0n) is 18.2. The molecule has 33 heavy (non-hydrogen) atoms. The highest BCUT2D eigenvalue weighted by Crippen LogP contribution is 2.36. The number of nitrogens with one attached hydrogen (secondary N) is 2. The molecule has 1 heterocycles. The monoisotopic (exact) mass is 482 g/mol. The number of benzene rings is 2. The predicted molar refractivity (Wildman–Crippen MR) is 121 cm³/mol. The minimum atomic E-state index is -4.60. The molecule has 0 radical (unpaired) electrons. The van der Waals surface area contributed by atoms with Crippen molar-refractivity contribution in [1.82, 2.24) is 15.1 Å². The van der Waals surface area contributed by atoms with Crippen molar-refractivity contribution in [3.05, 3.63) is 64.7 Å². The maximum absolute atomic E-state index is 13.0. The van der Waals surface area contributed by atoms with Crippen molar-refractivity contribution < 1.29 is 22.8 Å². The van der Waals surface area contributed by atoms with Gasteiger partial charge in [0.15, 0.2) is 0 Å². The standard InChI is InChI=1S/C23H26ClF3N4O2/c1-16(22(33)29-18-7-8-20(24)19(13-18)23(25,26)27)31-11-9-30(10-12-31)15-21(32)28-14-17-5-3-2-4-6-17/h2-8,13,16H,9-12,14-15H2,1H3,(H,28,32)(H,29,33). The summed E-state index contributed by atoms with van der Waals surface area (Å²) in [7, 11) is 0. The topological polar surface area (TPSA) is 64.7 Å². The molecule has 2 aromatic carbocycles. The first-order valence-electron chi connectivity index (χ1n) is 10.6. The van der Waals surface area contributed by atoms with Gasteiger partial charge in [-0.2, -0.15) is 13.2 Å². The second kappa shape index (κ2) is 11.0. The molecule has 178 valence electrons. The average molecular weight is 483 g/mol. The second-order valence-corrected chi connectivity index (χ2v) is 8.34. The summed E-state index contributed by atoms with van der Waals surface area (Å²) in [5, 5.41) is 5.02. The van der Waals surface area contributed by atoms with Gasteiger partial charge in [0.25, 0.3) is 0 Å². The Bertz CT molecular complexity index is 964. The molecule has 2 amide bonds. The Kier molecular flexibility index (Phi) is 8.34. The molecule has 1 unspecified atom stereocenters. The largest absolute Gasteiger partial charge is 0.417 e. The maximum atomic E-state index is 13.0. The lowest BCUT2D eigenvalue weighted by atomic mass is 10.1. The van der Waals surface area contributed by atoms with Gasteiger partial charge >= 0.3 is 6.18 Å². The molecule has 0 saturated carbocycles. The van der Waals surface area contributed by atoms with Crippen LogP contribution in [0.5, 0.6) is 0 Å². The van der Waals surface area contributed by atoms with E-state index >= 15 is 0 Å². The van der Waals surface area contributed by atoms with Crippen molar-refractivity contribution >= 4 is 29.1 Å². The van der Waals surface area contributed by atoms with Crippen LogP contribution in [0.3, 0.4) is 0 Å². The van der Waals surface area contributed by atoms with Gasteiger partial charge in [0.1, 0.15) is 0 Å². The van der Waals surface area contributed by atoms with Crippen LogP contribution in [-0.2, 0) is 22.3 Å². The van der Waals surface area contributed by atoms with Gasteiger partial charge in [0, 0.05) is 38.4 Å². The van der Waals surface area contributed by atoms with E-state index in [-0.39, 0.29) is 18.1 Å². The van der Waals surface area contributed by atoms with Crippen molar-refractivity contribution in [2.45, 2.75) is 25.7 Å². The average Bonchev–Trinajstić information content (AvgIpc) is 2.79. The number of hydrogen-bond donors (Lipinski definition) is 2. The van der Waals surface area contributed by atoms with Crippen LogP contribution in [0.25, 0.3) is 0 Å². The summed E-state index contributed by atoms with van der Waals surface area (Å²) >= 11 is 5.63. The van der Waals surface area contributed by atoms with Gasteiger partial charge in [-0.1, -0.05) is 41.9 Å². The van der Waals surface area contributed by atoms with Crippen LogP contribution in [0.4, 0.5) is 18.9 Å². The number of carbonyl (C=O) groups is 2. The Morgan fingerprint density at radius 1 is 1.06 bits per heavy atom. The zero-order valence-corrected chi connectivity index (χ0v) is 18.9. The third-order valence-electron chi connectivity index (χ3n) is 5.57. The third-order valence-corrected chi connectivity index (χ3v) is 5.90. The molecule has 1 aliphatic heterocycles. The summed E-state index contributed by atoms with van der Waals surface area (Å²) < 4.78 is 39.1. The van der Waals surface area contributed by atoms with E-state index in [1.807, 2.05) is 40.1 Å². The smallest absolute Gasteiger partial charge is 0.351 e. The van der Waals surface area contributed by atoms with E-state index in [9.17, 15) is 22.8 Å². The fourth-order valence-corrected chi connectivity index (χ4v) is 3.82. The van der Waals surface area contributed by atoms with Gasteiger partial charge in [-0.05, 0) is 30.7 Å². The Morgan fingerprint density at radius 2 is 1.73 bits per heavy atom. The summed E-state index contributed by atoms with van der Waals surface area (Å²) in [6.07, 6.45) is -4.60. The number of nitrogens with zero attached hydrogens (tertiary/aromatic N) is 2. The van der Waals surface area contributed by atoms with Crippen molar-refractivity contribution in [3.63, 3.8) is 0 Å². The Balaban J connectivity index is 1.45. The number of anilines is 1. The molecule has 3 rings (SSSR count). The molecule has 2 aromatic rings. The van der Waals surface area contributed by atoms with Crippen molar-refractivity contribution in [2.75, 3.05) is 38.0 Å². The number of halogens is 4. The quantitative estimate of drug-likeness (QED) is 0.632. The summed E-state index contributed by atoms with van der Waals surface area (Å²) in [5.74, 6) is -0.471. The molecule has 6 nitrogen and oxygen atoms in total. The number of rotatable bonds is 7. The van der Waals surface area contributed by atoms with Crippen molar-refractivity contribution in [3.8, 4) is 0 Å². The first-order valence-corrected chi connectivity index (χ1v) is 11.0. The van der Waals surface area contributed by atoms with Crippen LogP contribution in [0.15, 0.2) is 48.5 Å². The summed E-state index contributed by atoms with van der Waals surface area (Å²) in [4.78, 5) is 28.8. The van der Waals surface area contributed by atoms with E-state index in [4.69, 9.17) is 11.6 Å². The summed E-state index contributed by atoms with van der Waals surface area (Å²) in [5.41, 5.74) is 0.0737. The first kappa shape index (κ1) is 25.0. The molecule has 0 aromatic heterocycles. The minimum Gasteiger partial charge on any atom is -0.351 e. The Hall–Kier alpha value is -2.62. The van der Waals surface area contributed by atoms with Gasteiger partial charge in [-0.3, -0.25) is 19.4 Å². The molecular weight excluding hydrogens is 457 g/mol. The Morgan fingerprint density at radius 3 is 2.36 bits per heavy atom. The van der Waals surface area contributed by atoms with Crippen LogP contribution in [-0.4, -0.2) is 60.4 Å². The molecule has 0 bridgehead atoms. The SMILES string of the molecule is CC(C(=O)Nc1ccc(Cl)c(C(F)(F)F)c1)N1CCN(CC(=O)NCc2ccccc2)CC1. The van der Waals surface area contributed by atoms with Crippen molar-refractivity contribution in [1.29, 1.82) is 0 Å². The highest BCUT2D eigenvalue weighted by atomic mass is 35.5. The Labute approximate surface area is 195 Å². The number of amides is 2. The normalized spacial score (nSPS) is 16.3. The second-order valence-electron chi connectivity index (χ2n) is 7.93. The van der Waals surface area contributed by atoms with E-state index in [1.54, 1.807) is 6.92 Å². The molecule has 1 fully saturated rings. The third kappa shape index (κ3) is 7.18. The lowest BCUT2D eigenvalue weighted by Gasteiger charge is -2.37. The highest BCUT2D eigenvalue weighted by molar-refractivity contribution is 6.31. The van der Waals surface area contributed by atoms with E-state index < -0.39 is 28.7 Å². The molecule has 1 atom stereocenters. The molecule has 1 saturated heterocycles. The lowest BCUT2D eigenvalue weighted by molar-refractivity contribution is -0.137. The fourth-order valence-electron chi connectivity index (χ4n) is 3.60. The maximum Gasteiger partial charge on any atom is 0.417 e. The van der Waals surface area contributed by atoms with E-state index in [1.165, 1.54) is 6.07 Å². The number of piperazine rings is 1. The van der Waals surface area contributed by atoms with E-state index in [0.29, 0.717) is 32.7 Å². The molecule has 10 heteroatoms. The van der Waals surface area contributed by atoms with Crippen LogP contribution >= 0.6 is 11.6 Å². The molecule has 1 aliphatic rings. The molecule has 2 N–H and O–H groups in total. The lowest BCUT2D eigenvalue weighted by Crippen LogP contribution is -2.54. The van der Waals surface area contributed by atoms with Gasteiger partial charge in [0.05, 0.1) is 23.2 Å². The van der Waals surface area contributed by atoms with Gasteiger partial charge < -0.3 is 10.6 Å². The molecule has 0 aliphatic carbocycles. The predicted octanol–water partition coefficient (Wildman–Crippen LogP) is 3.62. The highest BCUT2D eigenvalue weighted by Gasteiger charge is 2.34. The van der Waals surface area contributed by atoms with Gasteiger partial charge in [-0.15, -0.1) is 0 Å². The molecular formula is C23H26ClF3N4O2. The number of carbonyl (C=O) groups excluding carboxylic acids is 2. The number of hydrogen-bond acceptors (Lipinski definition) is 4. The van der Waals surface area contributed by atoms with E-state index in [0.717, 1.165) is 17.7 Å².